The Morgan fingerprint density at radius 3 is 2.50 bits per heavy atom. The van der Waals surface area contributed by atoms with Crippen LogP contribution < -0.4 is 4.90 Å². The van der Waals surface area contributed by atoms with Gasteiger partial charge in [0.15, 0.2) is 0 Å². The van der Waals surface area contributed by atoms with Gasteiger partial charge in [0.25, 0.3) is 5.91 Å². The van der Waals surface area contributed by atoms with Crippen LogP contribution in [0, 0.1) is 0 Å². The lowest BCUT2D eigenvalue weighted by atomic mass is 10.1. The van der Waals surface area contributed by atoms with E-state index in [1.54, 1.807) is 23.9 Å². The second kappa shape index (κ2) is 9.19. The van der Waals surface area contributed by atoms with E-state index in [0.717, 1.165) is 10.6 Å². The van der Waals surface area contributed by atoms with Crippen molar-refractivity contribution in [1.82, 2.24) is 20.0 Å². The number of amides is 1. The van der Waals surface area contributed by atoms with Crippen LogP contribution in [-0.2, 0) is 6.18 Å². The summed E-state index contributed by atoms with van der Waals surface area (Å²) in [5.41, 5.74) is 1.04. The third-order valence-corrected chi connectivity index (χ3v) is 5.94. The van der Waals surface area contributed by atoms with Crippen molar-refractivity contribution < 1.29 is 22.5 Å². The minimum absolute atomic E-state index is 0.0158. The van der Waals surface area contributed by atoms with Crippen molar-refractivity contribution >= 4 is 23.5 Å². The summed E-state index contributed by atoms with van der Waals surface area (Å²) in [5.74, 6) is 0.0114. The fraction of sp³-hybridized carbons (Fsp3) is 0.333. The summed E-state index contributed by atoms with van der Waals surface area (Å²) in [6.07, 6.45) is -3.28. The van der Waals surface area contributed by atoms with Gasteiger partial charge in [0.05, 0.1) is 5.56 Å². The number of hydrogen-bond donors (Lipinski definition) is 0. The summed E-state index contributed by atoms with van der Waals surface area (Å²) in [7, 11) is 0. The van der Waals surface area contributed by atoms with E-state index in [9.17, 15) is 18.0 Å². The lowest BCUT2D eigenvalue weighted by molar-refractivity contribution is -0.159. The number of hydrogen-bond acceptors (Lipinski definition) is 7. The van der Waals surface area contributed by atoms with Gasteiger partial charge in [-0.15, -0.1) is 11.8 Å². The number of piperazine rings is 1. The molecular weight excluding hydrogens is 443 g/mol. The smallest absolute Gasteiger partial charge is 0.353 e. The van der Waals surface area contributed by atoms with Crippen molar-refractivity contribution in [3.63, 3.8) is 0 Å². The first-order chi connectivity index (χ1) is 15.4. The van der Waals surface area contributed by atoms with Crippen LogP contribution in [0.5, 0.6) is 0 Å². The quantitative estimate of drug-likeness (QED) is 0.525. The van der Waals surface area contributed by atoms with Gasteiger partial charge in [-0.1, -0.05) is 24.2 Å². The molecule has 3 aromatic rings. The third kappa shape index (κ3) is 4.72. The second-order valence-corrected chi connectivity index (χ2v) is 8.34. The molecule has 1 aliphatic heterocycles. The standard InChI is InChI=1S/C21H20F3N5O2S/c1-2-32-16-6-4-3-5-15(16)19(30)29-11-9-28(10-12-29)17-8-7-14(13-25-17)18-26-20(31-27-18)21(22,23)24/h3-8,13H,2,9-12H2,1H3. The molecule has 1 saturated heterocycles. The van der Waals surface area contributed by atoms with Gasteiger partial charge >= 0.3 is 12.1 Å². The Balaban J connectivity index is 1.39. The molecule has 1 aromatic carbocycles. The minimum atomic E-state index is -4.69. The molecule has 1 amide bonds. The maximum atomic E-state index is 13.0. The number of benzene rings is 1. The zero-order valence-electron chi connectivity index (χ0n) is 17.2. The van der Waals surface area contributed by atoms with E-state index in [-0.39, 0.29) is 11.7 Å². The first-order valence-corrected chi connectivity index (χ1v) is 11.0. The minimum Gasteiger partial charge on any atom is -0.353 e. The molecule has 0 spiro atoms. The van der Waals surface area contributed by atoms with E-state index in [0.29, 0.717) is 43.1 Å². The Labute approximate surface area is 186 Å². The lowest BCUT2D eigenvalue weighted by Crippen LogP contribution is -2.49. The second-order valence-electron chi connectivity index (χ2n) is 7.03. The molecule has 1 fully saturated rings. The van der Waals surface area contributed by atoms with E-state index in [1.807, 2.05) is 34.1 Å². The third-order valence-electron chi connectivity index (χ3n) is 4.98. The zero-order chi connectivity index (χ0) is 22.7. The predicted octanol–water partition coefficient (Wildman–Crippen LogP) is 4.22. The topological polar surface area (TPSA) is 75.4 Å². The lowest BCUT2D eigenvalue weighted by Gasteiger charge is -2.35. The number of carbonyl (C=O) groups is 1. The van der Waals surface area contributed by atoms with Crippen molar-refractivity contribution in [3.8, 4) is 11.4 Å². The first-order valence-electron chi connectivity index (χ1n) is 10.00. The van der Waals surface area contributed by atoms with Gasteiger partial charge in [-0.05, 0) is 30.0 Å². The average molecular weight is 463 g/mol. The summed E-state index contributed by atoms with van der Waals surface area (Å²) in [6, 6.07) is 10.9. The summed E-state index contributed by atoms with van der Waals surface area (Å²) in [5, 5.41) is 3.37. The molecule has 1 aliphatic rings. The number of rotatable bonds is 5. The number of thioether (sulfide) groups is 1. The molecule has 0 bridgehead atoms. The van der Waals surface area contributed by atoms with Crippen molar-refractivity contribution in [2.24, 2.45) is 0 Å². The maximum Gasteiger partial charge on any atom is 0.471 e. The highest BCUT2D eigenvalue weighted by Crippen LogP contribution is 2.29. The molecule has 0 saturated carbocycles. The van der Waals surface area contributed by atoms with Crippen molar-refractivity contribution in [3.05, 3.63) is 54.0 Å². The molecule has 0 N–H and O–H groups in total. The first kappa shape index (κ1) is 22.1. The molecule has 3 heterocycles. The van der Waals surface area contributed by atoms with Crippen molar-refractivity contribution in [2.45, 2.75) is 18.0 Å². The molecule has 168 valence electrons. The molecule has 2 aromatic heterocycles. The zero-order valence-corrected chi connectivity index (χ0v) is 18.0. The number of aromatic nitrogens is 3. The molecule has 11 heteroatoms. The van der Waals surface area contributed by atoms with Crippen LogP contribution in [-0.4, -0.2) is 57.9 Å². The van der Waals surface area contributed by atoms with Crippen LogP contribution >= 0.6 is 11.8 Å². The fourth-order valence-electron chi connectivity index (χ4n) is 3.39. The van der Waals surface area contributed by atoms with Gasteiger partial charge in [-0.2, -0.15) is 18.2 Å². The van der Waals surface area contributed by atoms with E-state index in [2.05, 4.69) is 26.6 Å². The van der Waals surface area contributed by atoms with E-state index >= 15 is 0 Å². The molecule has 0 unspecified atom stereocenters. The van der Waals surface area contributed by atoms with Crippen molar-refractivity contribution in [1.29, 1.82) is 0 Å². The Morgan fingerprint density at radius 2 is 1.88 bits per heavy atom. The van der Waals surface area contributed by atoms with E-state index in [1.165, 1.54) is 6.20 Å². The monoisotopic (exact) mass is 463 g/mol. The summed E-state index contributed by atoms with van der Waals surface area (Å²) in [6.45, 7) is 4.35. The van der Waals surface area contributed by atoms with Crippen LogP contribution in [0.4, 0.5) is 19.0 Å². The van der Waals surface area contributed by atoms with Crippen LogP contribution in [0.25, 0.3) is 11.4 Å². The van der Waals surface area contributed by atoms with Crippen LogP contribution in [0.1, 0.15) is 23.2 Å². The van der Waals surface area contributed by atoms with Gasteiger partial charge < -0.3 is 14.3 Å². The summed E-state index contributed by atoms with van der Waals surface area (Å²) >= 11 is 1.65. The maximum absolute atomic E-state index is 13.0. The highest BCUT2D eigenvalue weighted by Gasteiger charge is 2.38. The molecule has 0 radical (unpaired) electrons. The number of alkyl halides is 3. The van der Waals surface area contributed by atoms with Gasteiger partial charge in [-0.3, -0.25) is 4.79 Å². The largest absolute Gasteiger partial charge is 0.471 e. The van der Waals surface area contributed by atoms with Gasteiger partial charge in [0.1, 0.15) is 5.82 Å². The molecule has 4 rings (SSSR count). The summed E-state index contributed by atoms with van der Waals surface area (Å²) < 4.78 is 42.2. The Kier molecular flexibility index (Phi) is 6.35. The predicted molar refractivity (Wildman–Crippen MR) is 113 cm³/mol. The number of nitrogens with zero attached hydrogens (tertiary/aromatic N) is 5. The number of halogens is 3. The highest BCUT2D eigenvalue weighted by molar-refractivity contribution is 7.99. The number of carbonyl (C=O) groups excluding carboxylic acids is 1. The van der Waals surface area contributed by atoms with Crippen LogP contribution in [0.15, 0.2) is 52.0 Å². The van der Waals surface area contributed by atoms with E-state index < -0.39 is 12.1 Å². The normalized spacial score (nSPS) is 14.6. The molecule has 7 nitrogen and oxygen atoms in total. The SMILES string of the molecule is CCSc1ccccc1C(=O)N1CCN(c2ccc(-c3noc(C(F)(F)F)n3)cn2)CC1. The Morgan fingerprint density at radius 1 is 1.12 bits per heavy atom. The average Bonchev–Trinajstić information content (AvgIpc) is 3.31. The van der Waals surface area contributed by atoms with Crippen molar-refractivity contribution in [2.75, 3.05) is 36.8 Å². The van der Waals surface area contributed by atoms with Crippen LogP contribution in [0.2, 0.25) is 0 Å². The molecule has 0 aliphatic carbocycles. The Bertz CT molecular complexity index is 1080. The summed E-state index contributed by atoms with van der Waals surface area (Å²) in [4.78, 5) is 25.5. The van der Waals surface area contributed by atoms with Gasteiger partial charge in [-0.25, -0.2) is 4.98 Å². The van der Waals surface area contributed by atoms with Crippen LogP contribution in [0.3, 0.4) is 0 Å². The molecule has 0 atom stereocenters. The van der Waals surface area contributed by atoms with Gasteiger partial charge in [0.2, 0.25) is 5.82 Å². The van der Waals surface area contributed by atoms with E-state index in [4.69, 9.17) is 0 Å². The molecule has 32 heavy (non-hydrogen) atoms. The number of pyridine rings is 1. The molecular formula is C21H20F3N5O2S. The highest BCUT2D eigenvalue weighted by atomic mass is 32.2. The Hall–Kier alpha value is -3.08. The fourth-order valence-corrected chi connectivity index (χ4v) is 4.19. The van der Waals surface area contributed by atoms with Gasteiger partial charge in [0, 0.05) is 42.8 Å². The number of anilines is 1.